The van der Waals surface area contributed by atoms with Crippen LogP contribution in [0.25, 0.3) is 0 Å². The summed E-state index contributed by atoms with van der Waals surface area (Å²) in [5.74, 6) is 2.31. The van der Waals surface area contributed by atoms with E-state index < -0.39 is 0 Å². The van der Waals surface area contributed by atoms with Gasteiger partial charge in [0.1, 0.15) is 23.9 Å². The molecule has 0 saturated carbocycles. The summed E-state index contributed by atoms with van der Waals surface area (Å²) in [4.78, 5) is 4.25. The lowest BCUT2D eigenvalue weighted by Crippen LogP contribution is -2.39. The highest BCUT2D eigenvalue weighted by Gasteiger charge is 2.06. The lowest BCUT2D eigenvalue weighted by molar-refractivity contribution is 0.286. The number of thiocarbonyl (C=S) groups is 1. The van der Waals surface area contributed by atoms with Crippen LogP contribution in [-0.4, -0.2) is 29.9 Å². The number of aryl methyl sites for hydroxylation is 1. The predicted molar refractivity (Wildman–Crippen MR) is 96.3 cm³/mol. The van der Waals surface area contributed by atoms with E-state index in [1.165, 1.54) is 0 Å². The van der Waals surface area contributed by atoms with Gasteiger partial charge >= 0.3 is 0 Å². The van der Waals surface area contributed by atoms with Crippen LogP contribution in [0, 0.1) is 6.92 Å². The number of aromatic nitrogens is 1. The molecule has 0 radical (unpaired) electrons. The first-order valence-electron chi connectivity index (χ1n) is 7.34. The third kappa shape index (κ3) is 5.75. The van der Waals surface area contributed by atoms with E-state index in [9.17, 15) is 0 Å². The molecule has 0 saturated heterocycles. The van der Waals surface area contributed by atoms with Crippen LogP contribution in [0.1, 0.15) is 12.5 Å². The molecule has 0 fully saturated rings. The van der Waals surface area contributed by atoms with Crippen LogP contribution in [0.2, 0.25) is 0 Å². The number of ether oxygens (including phenoxy) is 2. The zero-order valence-electron chi connectivity index (χ0n) is 13.5. The summed E-state index contributed by atoms with van der Waals surface area (Å²) in [5, 5.41) is 6.74. The second kappa shape index (κ2) is 8.33. The van der Waals surface area contributed by atoms with Crippen LogP contribution >= 0.6 is 12.2 Å². The van der Waals surface area contributed by atoms with E-state index in [1.807, 2.05) is 50.2 Å². The van der Waals surface area contributed by atoms with Gasteiger partial charge in [0.15, 0.2) is 5.11 Å². The first-order valence-corrected chi connectivity index (χ1v) is 7.74. The zero-order chi connectivity index (χ0) is 16.7. The molecule has 2 rings (SSSR count). The standard InChI is InChI=1S/C17H21N3O2S/c1-12-4-9-16(18-10-12)20-17(23)19-13(2)11-22-15-7-5-14(21-3)6-8-15/h4-10,13H,11H2,1-3H3,(H2,18,19,20,23). The average Bonchev–Trinajstić information content (AvgIpc) is 2.55. The van der Waals surface area contributed by atoms with Crippen LogP contribution in [0.3, 0.4) is 0 Å². The number of nitrogens with one attached hydrogen (secondary N) is 2. The van der Waals surface area contributed by atoms with Crippen molar-refractivity contribution >= 4 is 23.1 Å². The van der Waals surface area contributed by atoms with Gasteiger partial charge in [-0.3, -0.25) is 0 Å². The van der Waals surface area contributed by atoms with E-state index in [2.05, 4.69) is 15.6 Å². The minimum Gasteiger partial charge on any atom is -0.497 e. The van der Waals surface area contributed by atoms with E-state index in [-0.39, 0.29) is 6.04 Å². The van der Waals surface area contributed by atoms with E-state index >= 15 is 0 Å². The highest BCUT2D eigenvalue weighted by atomic mass is 32.1. The van der Waals surface area contributed by atoms with Crippen LogP contribution in [0.5, 0.6) is 11.5 Å². The minimum absolute atomic E-state index is 0.0579. The van der Waals surface area contributed by atoms with Gasteiger partial charge in [-0.25, -0.2) is 4.98 Å². The number of methoxy groups -OCH3 is 1. The van der Waals surface area contributed by atoms with E-state index in [1.54, 1.807) is 13.3 Å². The molecule has 6 heteroatoms. The molecule has 1 aromatic heterocycles. The third-order valence-corrected chi connectivity index (χ3v) is 3.31. The van der Waals surface area contributed by atoms with Crippen LogP contribution in [0.4, 0.5) is 5.82 Å². The molecule has 1 unspecified atom stereocenters. The van der Waals surface area contributed by atoms with Crippen molar-refractivity contribution in [3.05, 3.63) is 48.2 Å². The summed E-state index contributed by atoms with van der Waals surface area (Å²) in [7, 11) is 1.64. The Labute approximate surface area is 142 Å². The fraction of sp³-hybridized carbons (Fsp3) is 0.294. The molecule has 1 heterocycles. The third-order valence-electron chi connectivity index (χ3n) is 3.09. The maximum atomic E-state index is 5.71. The summed E-state index contributed by atoms with van der Waals surface area (Å²) < 4.78 is 10.8. The molecule has 5 nitrogen and oxygen atoms in total. The average molecular weight is 331 g/mol. The van der Waals surface area contributed by atoms with E-state index in [0.717, 1.165) is 22.9 Å². The molecule has 122 valence electrons. The fourth-order valence-electron chi connectivity index (χ4n) is 1.85. The second-order valence-corrected chi connectivity index (χ2v) is 5.62. The number of hydrogen-bond acceptors (Lipinski definition) is 4. The maximum Gasteiger partial charge on any atom is 0.172 e. The van der Waals surface area contributed by atoms with Crippen molar-refractivity contribution in [3.8, 4) is 11.5 Å². The van der Waals surface area contributed by atoms with Crippen molar-refractivity contribution in [1.82, 2.24) is 10.3 Å². The highest BCUT2D eigenvalue weighted by molar-refractivity contribution is 7.80. The maximum absolute atomic E-state index is 5.71. The summed E-state index contributed by atoms with van der Waals surface area (Å²) in [6.07, 6.45) is 1.79. The SMILES string of the molecule is COc1ccc(OCC(C)NC(=S)Nc2ccc(C)cn2)cc1. The molecule has 2 aromatic rings. The molecule has 0 bridgehead atoms. The van der Waals surface area contributed by atoms with Crippen LogP contribution < -0.4 is 20.1 Å². The van der Waals surface area contributed by atoms with Crippen molar-refractivity contribution in [2.45, 2.75) is 19.9 Å². The lowest BCUT2D eigenvalue weighted by Gasteiger charge is -2.17. The highest BCUT2D eigenvalue weighted by Crippen LogP contribution is 2.17. The fourth-order valence-corrected chi connectivity index (χ4v) is 2.16. The molecule has 0 spiro atoms. The molecule has 0 amide bonds. The largest absolute Gasteiger partial charge is 0.497 e. The second-order valence-electron chi connectivity index (χ2n) is 5.21. The van der Waals surface area contributed by atoms with Crippen molar-refractivity contribution in [2.75, 3.05) is 19.0 Å². The summed E-state index contributed by atoms with van der Waals surface area (Å²) in [6.45, 7) is 4.49. The zero-order valence-corrected chi connectivity index (χ0v) is 14.3. The Bertz CT molecular complexity index is 629. The Morgan fingerprint density at radius 1 is 1.17 bits per heavy atom. The van der Waals surface area contributed by atoms with Crippen LogP contribution in [0.15, 0.2) is 42.6 Å². The minimum atomic E-state index is 0.0579. The first-order chi connectivity index (χ1) is 11.1. The molecule has 0 aliphatic rings. The van der Waals surface area contributed by atoms with Crippen molar-refractivity contribution in [1.29, 1.82) is 0 Å². The van der Waals surface area contributed by atoms with Crippen molar-refractivity contribution in [3.63, 3.8) is 0 Å². The van der Waals surface area contributed by atoms with Gasteiger partial charge in [0.05, 0.1) is 13.2 Å². The van der Waals surface area contributed by atoms with Gasteiger partial charge in [0.25, 0.3) is 0 Å². The summed E-state index contributed by atoms with van der Waals surface area (Å²) in [6, 6.07) is 11.4. The topological polar surface area (TPSA) is 55.4 Å². The van der Waals surface area contributed by atoms with Gasteiger partial charge in [-0.15, -0.1) is 0 Å². The monoisotopic (exact) mass is 331 g/mol. The first kappa shape index (κ1) is 17.0. The lowest BCUT2D eigenvalue weighted by atomic mass is 10.3. The number of hydrogen-bond donors (Lipinski definition) is 2. The molecule has 23 heavy (non-hydrogen) atoms. The molecule has 0 aliphatic carbocycles. The van der Waals surface area contributed by atoms with Gasteiger partial charge in [-0.1, -0.05) is 6.07 Å². The van der Waals surface area contributed by atoms with Gasteiger partial charge in [0.2, 0.25) is 0 Å². The Morgan fingerprint density at radius 3 is 2.48 bits per heavy atom. The number of rotatable bonds is 6. The van der Waals surface area contributed by atoms with Gasteiger partial charge < -0.3 is 20.1 Å². The summed E-state index contributed by atoms with van der Waals surface area (Å²) >= 11 is 5.27. The smallest absolute Gasteiger partial charge is 0.172 e. The number of anilines is 1. The van der Waals surface area contributed by atoms with Crippen LogP contribution in [-0.2, 0) is 0 Å². The normalized spacial score (nSPS) is 11.4. The molecular formula is C17H21N3O2S. The molecule has 2 N–H and O–H groups in total. The number of pyridine rings is 1. The van der Waals surface area contributed by atoms with Gasteiger partial charge in [-0.2, -0.15) is 0 Å². The Kier molecular flexibility index (Phi) is 6.17. The molecular weight excluding hydrogens is 310 g/mol. The quantitative estimate of drug-likeness (QED) is 0.793. The van der Waals surface area contributed by atoms with Crippen molar-refractivity contribution in [2.24, 2.45) is 0 Å². The Morgan fingerprint density at radius 2 is 1.87 bits per heavy atom. The Hall–Kier alpha value is -2.34. The van der Waals surface area contributed by atoms with E-state index in [0.29, 0.717) is 11.7 Å². The van der Waals surface area contributed by atoms with Gasteiger partial charge in [0, 0.05) is 6.20 Å². The molecule has 1 atom stereocenters. The number of nitrogens with zero attached hydrogens (tertiary/aromatic N) is 1. The van der Waals surface area contributed by atoms with Gasteiger partial charge in [-0.05, 0) is 62.0 Å². The Balaban J connectivity index is 1.75. The summed E-state index contributed by atoms with van der Waals surface area (Å²) in [5.41, 5.74) is 1.11. The number of benzene rings is 1. The predicted octanol–water partition coefficient (Wildman–Crippen LogP) is 3.15. The molecule has 1 aromatic carbocycles. The van der Waals surface area contributed by atoms with Crippen molar-refractivity contribution < 1.29 is 9.47 Å². The van der Waals surface area contributed by atoms with E-state index in [4.69, 9.17) is 21.7 Å². The molecule has 0 aliphatic heterocycles.